The van der Waals surface area contributed by atoms with Crippen LogP contribution in [0.5, 0.6) is 0 Å². The van der Waals surface area contributed by atoms with Gasteiger partial charge < -0.3 is 27.9 Å². The molecule has 0 saturated heterocycles. The van der Waals surface area contributed by atoms with Crippen molar-refractivity contribution in [2.45, 2.75) is 137 Å². The molecule has 0 amide bonds. The van der Waals surface area contributed by atoms with Crippen LogP contribution in [0, 0.1) is 0 Å². The molecule has 0 fully saturated rings. The Morgan fingerprint density at radius 1 is 0.265 bits per heavy atom. The fraction of sp³-hybridized carbons (Fsp3) is 0.189. The van der Waals surface area contributed by atoms with Gasteiger partial charge in [-0.15, -0.1) is 0 Å². The lowest BCUT2D eigenvalue weighted by Gasteiger charge is -2.46. The largest absolute Gasteiger partial charge is 0.452 e. The van der Waals surface area contributed by atoms with Gasteiger partial charge in [0, 0.05) is 71.4 Å². The van der Waals surface area contributed by atoms with Crippen LogP contribution in [0.15, 0.2) is 313 Å². The van der Waals surface area contributed by atoms with Crippen molar-refractivity contribution in [3.63, 3.8) is 0 Å². The summed E-state index contributed by atoms with van der Waals surface area (Å²) in [7, 11) is 0. The van der Waals surface area contributed by atoms with Gasteiger partial charge in [0.15, 0.2) is 11.2 Å². The van der Waals surface area contributed by atoms with Gasteiger partial charge in [0.05, 0.1) is 96.4 Å². The van der Waals surface area contributed by atoms with E-state index in [1.54, 1.807) is 4.57 Å². The Hall–Kier alpha value is -12.9. The molecular formula is C111H97N5O. The molecule has 117 heavy (non-hydrogen) atoms. The summed E-state index contributed by atoms with van der Waals surface area (Å²) in [5, 5.41) is 5.71. The highest BCUT2D eigenvalue weighted by Crippen LogP contribution is 2.65. The van der Waals surface area contributed by atoms with Crippen LogP contribution >= 0.6 is 0 Å². The lowest BCUT2D eigenvalue weighted by atomic mass is 9.74. The van der Waals surface area contributed by atoms with Gasteiger partial charge in [-0.1, -0.05) is 298 Å². The summed E-state index contributed by atoms with van der Waals surface area (Å²) >= 11 is 0. The minimum Gasteiger partial charge on any atom is -0.452 e. The van der Waals surface area contributed by atoms with E-state index in [2.05, 4.69) is 299 Å². The molecule has 2 aliphatic rings. The van der Waals surface area contributed by atoms with Crippen molar-refractivity contribution >= 4 is 121 Å². The van der Waals surface area contributed by atoms with Gasteiger partial charge in [-0.3, -0.25) is 0 Å². The van der Waals surface area contributed by atoms with Crippen molar-refractivity contribution < 1.29 is 22.2 Å². The van der Waals surface area contributed by atoms with E-state index in [0.717, 1.165) is 122 Å². The zero-order valence-electron chi connectivity index (χ0n) is 81.7. The normalized spacial score (nSPS) is 15.5. The molecule has 21 rings (SSSR count). The van der Waals surface area contributed by atoms with Gasteiger partial charge >= 0.3 is 0 Å². The third kappa shape index (κ3) is 11.3. The lowest BCUT2D eigenvalue weighted by molar-refractivity contribution is 0.590. The molecule has 4 aromatic heterocycles. The maximum Gasteiger partial charge on any atom is 0.159 e. The first-order chi connectivity index (χ1) is 61.6. The van der Waals surface area contributed by atoms with Crippen LogP contribution < -0.4 is 9.80 Å². The second-order valence-corrected chi connectivity index (χ2v) is 37.2. The monoisotopic (exact) mass is 1530 g/mol. The van der Waals surface area contributed by atoms with E-state index < -0.39 is 89.9 Å². The Morgan fingerprint density at radius 2 is 0.675 bits per heavy atom. The predicted octanol–water partition coefficient (Wildman–Crippen LogP) is 31.1. The number of rotatable bonds is 8. The Morgan fingerprint density at radius 3 is 1.16 bits per heavy atom. The van der Waals surface area contributed by atoms with Crippen LogP contribution in [-0.4, -0.2) is 13.7 Å². The summed E-state index contributed by atoms with van der Waals surface area (Å²) in [5.74, 6) is -0.766. The zero-order valence-corrected chi connectivity index (χ0v) is 68.7. The van der Waals surface area contributed by atoms with E-state index in [0.29, 0.717) is 39.5 Å². The number of hydrogen-bond acceptors (Lipinski definition) is 3. The van der Waals surface area contributed by atoms with Crippen LogP contribution in [0.3, 0.4) is 0 Å². The van der Waals surface area contributed by atoms with Gasteiger partial charge in [0.1, 0.15) is 0 Å². The Kier molecular flexibility index (Phi) is 13.0. The van der Waals surface area contributed by atoms with Crippen molar-refractivity contribution in [3.8, 4) is 50.4 Å². The average molecular weight is 1530 g/mol. The van der Waals surface area contributed by atoms with Gasteiger partial charge in [-0.25, -0.2) is 0 Å². The van der Waals surface area contributed by atoms with Gasteiger partial charge in [-0.05, 0) is 203 Å². The molecule has 0 N–H and O–H groups in total. The minimum atomic E-state index is -0.766. The minimum absolute atomic E-state index is 0.0274. The Labute approximate surface area is 704 Å². The quantitative estimate of drug-likeness (QED) is 0.152. The summed E-state index contributed by atoms with van der Waals surface area (Å²) in [6, 6.07) is 74.9. The maximum absolute atomic E-state index is 10.3. The Balaban J connectivity index is 0.965. The number of nitrogens with zero attached hydrogens (tertiary/aromatic N) is 5. The molecule has 1 unspecified atom stereocenters. The number of anilines is 6. The molecule has 6 heterocycles. The average Bonchev–Trinajstić information content (AvgIpc) is 1.22. The SMILES string of the molecule is [2H]c1c([2H])c([2H])c(-c2ccc3c(c2)N(c2cccc4c2oc2c(-n5c6ccc(C(C)(C)C)cc6c6cc(C(C)(C)C)ccc65)cccc24)c2cc(-n4c5c([2H])c([2H])c([2H])c([2H])c5c5c([2H])c([2H])c([2H])c([2H])c54)cc4c2C3c2ccc(-n3c5ccc(C(C)(C)C)cc5c5cc(C(C)(C)C)ccc53)cc2N4c2c(-c3ccccc3)cc(C(C)(C)C)cc2-c2ccccc2)c([2H])c1[2H]. The van der Waals surface area contributed by atoms with Crippen LogP contribution in [0.25, 0.3) is 138 Å². The fourth-order valence-corrected chi connectivity index (χ4v) is 18.5. The molecule has 0 aliphatic carbocycles. The van der Waals surface area contributed by atoms with E-state index in [1.165, 1.54) is 22.3 Å². The number of aromatic nitrogens is 3. The van der Waals surface area contributed by atoms with Crippen LogP contribution in [0.4, 0.5) is 34.1 Å². The van der Waals surface area contributed by atoms with Crippen molar-refractivity contribution in [2.75, 3.05) is 9.80 Å². The van der Waals surface area contributed by atoms with E-state index >= 15 is 0 Å². The number of para-hydroxylation sites is 4. The first-order valence-electron chi connectivity index (χ1n) is 47.2. The number of benzene rings is 15. The highest BCUT2D eigenvalue weighted by atomic mass is 16.3. The lowest BCUT2D eigenvalue weighted by Crippen LogP contribution is -2.30. The third-order valence-corrected chi connectivity index (χ3v) is 24.7. The van der Waals surface area contributed by atoms with E-state index in [1.807, 2.05) is 54.6 Å². The second-order valence-electron chi connectivity index (χ2n) is 37.2. The predicted molar refractivity (Wildman–Crippen MR) is 497 cm³/mol. The number of furan rings is 1. The van der Waals surface area contributed by atoms with Gasteiger partial charge in [0.25, 0.3) is 0 Å². The molecule has 19 aromatic rings. The standard InChI is InChI=1S/C111H97N5O/c1-107(2,3)71-46-53-92-86(58-71)87-59-72(108(4,5)6)47-54-93(87)112(92)76-50-52-83-99(64-76)116(104-84(68-33-21-17-22-34-68)62-75(111(13,14)15)63-85(104)69-35-23-18-24-36-69)101-66-77(113-90-41-27-25-37-78(90)79-38-26-28-42-91(79)113)65-100-103(101)102(83)82-51-45-70(67-31-19-16-20-32-67)57-98(82)115(100)97-44-30-40-81-80-39-29-43-96(105(80)117-106(81)97)114-94-55-48-73(109(7,8)9)60-88(94)89-61-74(110(10,11)12)49-56-95(89)114/h16-66,102H,1-15H3/i16D,19D,20D,25D,26D,27D,28D,31D,32D,37D,38D,41D,42D. The van der Waals surface area contributed by atoms with E-state index in [-0.39, 0.29) is 54.7 Å². The van der Waals surface area contributed by atoms with Crippen LogP contribution in [-0.2, 0) is 27.1 Å². The van der Waals surface area contributed by atoms with Crippen molar-refractivity contribution in [3.05, 3.63) is 354 Å². The van der Waals surface area contributed by atoms with Crippen molar-refractivity contribution in [1.29, 1.82) is 0 Å². The maximum atomic E-state index is 10.3. The van der Waals surface area contributed by atoms with Crippen LogP contribution in [0.2, 0.25) is 0 Å². The third-order valence-electron chi connectivity index (χ3n) is 24.7. The molecule has 15 aromatic carbocycles. The van der Waals surface area contributed by atoms with Crippen LogP contribution in [0.1, 0.15) is 172 Å². The Bertz CT molecular complexity index is 7870. The molecule has 0 spiro atoms. The molecule has 2 aliphatic heterocycles. The summed E-state index contributed by atoms with van der Waals surface area (Å²) in [5.41, 5.74) is 21.1. The second kappa shape index (κ2) is 25.8. The molecule has 0 radical (unpaired) electrons. The highest BCUT2D eigenvalue weighted by molar-refractivity contribution is 6.17. The molecule has 0 bridgehead atoms. The zero-order chi connectivity index (χ0) is 91.6. The summed E-state index contributed by atoms with van der Waals surface area (Å²) < 4.78 is 140. The summed E-state index contributed by atoms with van der Waals surface area (Å²) in [6.07, 6.45) is 0. The number of fused-ring (bicyclic) bond motifs is 16. The summed E-state index contributed by atoms with van der Waals surface area (Å²) in [4.78, 5) is 4.50. The smallest absolute Gasteiger partial charge is 0.159 e. The molecule has 1 atom stereocenters. The van der Waals surface area contributed by atoms with E-state index in [4.69, 9.17) is 5.79 Å². The first-order valence-corrected chi connectivity index (χ1v) is 40.7. The van der Waals surface area contributed by atoms with Gasteiger partial charge in [0.2, 0.25) is 0 Å². The molecule has 0 saturated carbocycles. The fourth-order valence-electron chi connectivity index (χ4n) is 18.5. The van der Waals surface area contributed by atoms with Gasteiger partial charge in [-0.2, -0.15) is 0 Å². The number of hydrogen-bond donors (Lipinski definition) is 0. The highest BCUT2D eigenvalue weighted by Gasteiger charge is 2.45. The molecule has 572 valence electrons. The van der Waals surface area contributed by atoms with E-state index in [9.17, 15) is 16.4 Å². The van der Waals surface area contributed by atoms with Crippen molar-refractivity contribution in [1.82, 2.24) is 13.7 Å². The van der Waals surface area contributed by atoms with Crippen molar-refractivity contribution in [2.24, 2.45) is 0 Å². The topological polar surface area (TPSA) is 34.4 Å². The molecule has 6 heteroatoms. The first kappa shape index (κ1) is 58.9. The summed E-state index contributed by atoms with van der Waals surface area (Å²) in [6.45, 7) is 33.5. The molecule has 6 nitrogen and oxygen atoms in total. The molecular weight excluding hydrogens is 1420 g/mol.